The quantitative estimate of drug-likeness (QED) is 0.398. The molecule has 0 amide bonds. The molecular weight excluding hydrogens is 262 g/mol. The first-order valence-electron chi connectivity index (χ1n) is 8.79. The molecule has 3 heteroatoms. The molecule has 0 bridgehead atoms. The van der Waals surface area contributed by atoms with E-state index in [2.05, 4.69) is 0 Å². The van der Waals surface area contributed by atoms with Crippen molar-refractivity contribution in [1.29, 1.82) is 0 Å². The summed E-state index contributed by atoms with van der Waals surface area (Å²) in [6.45, 7) is 2.00. The molecule has 0 saturated carbocycles. The van der Waals surface area contributed by atoms with Gasteiger partial charge in [-0.15, -0.1) is 0 Å². The van der Waals surface area contributed by atoms with Crippen LogP contribution < -0.4 is 5.73 Å². The van der Waals surface area contributed by atoms with Gasteiger partial charge in [0.1, 0.15) is 0 Å². The van der Waals surface area contributed by atoms with Gasteiger partial charge in [0.25, 0.3) is 0 Å². The van der Waals surface area contributed by atoms with E-state index in [0.29, 0.717) is 6.42 Å². The topological polar surface area (TPSA) is 63.3 Å². The molecule has 0 aromatic rings. The van der Waals surface area contributed by atoms with Gasteiger partial charge < -0.3 is 10.8 Å². The Kier molecular flexibility index (Phi) is 14.7. The van der Waals surface area contributed by atoms with Crippen molar-refractivity contribution >= 4 is 5.97 Å². The number of rotatable bonds is 15. The highest BCUT2D eigenvalue weighted by Gasteiger charge is 1.97. The normalized spacial score (nSPS) is 11.8. The maximum Gasteiger partial charge on any atom is 0.303 e. The Hall–Kier alpha value is -0.990. The van der Waals surface area contributed by atoms with Crippen molar-refractivity contribution in [3.05, 3.63) is 11.8 Å². The van der Waals surface area contributed by atoms with Crippen molar-refractivity contribution < 1.29 is 9.90 Å². The van der Waals surface area contributed by atoms with Crippen molar-refractivity contribution in [1.82, 2.24) is 0 Å². The van der Waals surface area contributed by atoms with Gasteiger partial charge in [0, 0.05) is 12.1 Å². The SMILES string of the molecule is CC=C(N)CCCCCCCCCCCCCCC(=O)O. The third kappa shape index (κ3) is 17.0. The van der Waals surface area contributed by atoms with Crippen LogP contribution in [0.4, 0.5) is 0 Å². The van der Waals surface area contributed by atoms with Gasteiger partial charge in [-0.3, -0.25) is 4.79 Å². The summed E-state index contributed by atoms with van der Waals surface area (Å²) >= 11 is 0. The predicted octanol–water partition coefficient (Wildman–Crippen LogP) is 5.39. The second kappa shape index (κ2) is 15.4. The molecule has 0 aromatic carbocycles. The summed E-state index contributed by atoms with van der Waals surface area (Å²) in [6.07, 6.45) is 18.3. The standard InChI is InChI=1S/C18H35NO2/c1-2-17(19)15-13-11-9-7-5-3-4-6-8-10-12-14-16-18(20)21/h2H,3-16,19H2,1H3,(H,20,21). The number of nitrogens with two attached hydrogens (primary N) is 1. The molecule has 0 rings (SSSR count). The highest BCUT2D eigenvalue weighted by molar-refractivity contribution is 5.66. The van der Waals surface area contributed by atoms with E-state index in [-0.39, 0.29) is 0 Å². The van der Waals surface area contributed by atoms with Gasteiger partial charge in [0.2, 0.25) is 0 Å². The van der Waals surface area contributed by atoms with Crippen LogP contribution in [0.5, 0.6) is 0 Å². The lowest BCUT2D eigenvalue weighted by Crippen LogP contribution is -1.95. The number of hydrogen-bond acceptors (Lipinski definition) is 2. The van der Waals surface area contributed by atoms with Gasteiger partial charge in [-0.2, -0.15) is 0 Å². The van der Waals surface area contributed by atoms with Crippen LogP contribution in [0.3, 0.4) is 0 Å². The molecule has 0 radical (unpaired) electrons. The monoisotopic (exact) mass is 297 g/mol. The lowest BCUT2D eigenvalue weighted by Gasteiger charge is -2.03. The van der Waals surface area contributed by atoms with E-state index in [1.54, 1.807) is 0 Å². The summed E-state index contributed by atoms with van der Waals surface area (Å²) in [4.78, 5) is 10.3. The molecule has 0 aromatic heterocycles. The minimum Gasteiger partial charge on any atom is -0.481 e. The zero-order valence-corrected chi connectivity index (χ0v) is 13.9. The van der Waals surface area contributed by atoms with Gasteiger partial charge in [0.15, 0.2) is 0 Å². The molecule has 0 aliphatic rings. The number of aliphatic carboxylic acids is 1. The number of carbonyl (C=O) groups is 1. The smallest absolute Gasteiger partial charge is 0.303 e. The third-order valence-corrected chi connectivity index (χ3v) is 3.98. The first kappa shape index (κ1) is 20.0. The molecule has 124 valence electrons. The fraction of sp³-hybridized carbons (Fsp3) is 0.833. The Morgan fingerprint density at radius 2 is 1.10 bits per heavy atom. The highest BCUT2D eigenvalue weighted by Crippen LogP contribution is 2.13. The van der Waals surface area contributed by atoms with Gasteiger partial charge in [-0.25, -0.2) is 0 Å². The highest BCUT2D eigenvalue weighted by atomic mass is 16.4. The molecule has 0 unspecified atom stereocenters. The summed E-state index contributed by atoms with van der Waals surface area (Å²) in [6, 6.07) is 0. The molecular formula is C18H35NO2. The number of carboxylic acids is 1. The van der Waals surface area contributed by atoms with Gasteiger partial charge in [0.05, 0.1) is 0 Å². The van der Waals surface area contributed by atoms with E-state index in [9.17, 15) is 4.79 Å². The van der Waals surface area contributed by atoms with Crippen molar-refractivity contribution in [3.8, 4) is 0 Å². The lowest BCUT2D eigenvalue weighted by atomic mass is 10.0. The second-order valence-electron chi connectivity index (χ2n) is 6.00. The lowest BCUT2D eigenvalue weighted by molar-refractivity contribution is -0.137. The minimum absolute atomic E-state index is 0.333. The molecule has 0 spiro atoms. The van der Waals surface area contributed by atoms with Crippen molar-refractivity contribution in [3.63, 3.8) is 0 Å². The minimum atomic E-state index is -0.664. The van der Waals surface area contributed by atoms with Gasteiger partial charge >= 0.3 is 5.97 Å². The summed E-state index contributed by atoms with van der Waals surface area (Å²) in [7, 11) is 0. The van der Waals surface area contributed by atoms with E-state index >= 15 is 0 Å². The fourth-order valence-electron chi connectivity index (χ4n) is 2.52. The first-order chi connectivity index (χ1) is 10.2. The van der Waals surface area contributed by atoms with Gasteiger partial charge in [-0.1, -0.05) is 70.3 Å². The third-order valence-electron chi connectivity index (χ3n) is 3.98. The van der Waals surface area contributed by atoms with Crippen LogP contribution >= 0.6 is 0 Å². The van der Waals surface area contributed by atoms with Crippen molar-refractivity contribution in [2.24, 2.45) is 5.73 Å². The van der Waals surface area contributed by atoms with E-state index in [1.807, 2.05) is 13.0 Å². The molecule has 3 N–H and O–H groups in total. The van der Waals surface area contributed by atoms with E-state index in [1.165, 1.54) is 64.2 Å². The maximum atomic E-state index is 10.3. The fourth-order valence-corrected chi connectivity index (χ4v) is 2.52. The molecule has 0 saturated heterocycles. The molecule has 0 fully saturated rings. The maximum absolute atomic E-state index is 10.3. The average molecular weight is 297 g/mol. The molecule has 0 aliphatic carbocycles. The predicted molar refractivity (Wildman–Crippen MR) is 90.2 cm³/mol. The zero-order valence-electron chi connectivity index (χ0n) is 13.9. The molecule has 0 heterocycles. The summed E-state index contributed by atoms with van der Waals surface area (Å²) < 4.78 is 0. The number of unbranched alkanes of at least 4 members (excludes halogenated alkanes) is 11. The van der Waals surface area contributed by atoms with Crippen molar-refractivity contribution in [2.45, 2.75) is 96.8 Å². The Bertz CT molecular complexity index is 274. The molecule has 0 aliphatic heterocycles. The molecule has 21 heavy (non-hydrogen) atoms. The van der Waals surface area contributed by atoms with Crippen LogP contribution in [-0.4, -0.2) is 11.1 Å². The molecule has 0 atom stereocenters. The Balaban J connectivity index is 3.04. The number of allylic oxidation sites excluding steroid dienone is 2. The van der Waals surface area contributed by atoms with Gasteiger partial charge in [-0.05, 0) is 26.2 Å². The Morgan fingerprint density at radius 1 is 0.762 bits per heavy atom. The Morgan fingerprint density at radius 3 is 1.43 bits per heavy atom. The van der Waals surface area contributed by atoms with E-state index in [0.717, 1.165) is 25.0 Å². The Labute approximate surface area is 131 Å². The van der Waals surface area contributed by atoms with Crippen LogP contribution in [-0.2, 0) is 4.79 Å². The largest absolute Gasteiger partial charge is 0.481 e. The number of hydrogen-bond donors (Lipinski definition) is 2. The van der Waals surface area contributed by atoms with Crippen LogP contribution in [0, 0.1) is 0 Å². The van der Waals surface area contributed by atoms with Crippen LogP contribution in [0.2, 0.25) is 0 Å². The van der Waals surface area contributed by atoms with Crippen LogP contribution in [0.25, 0.3) is 0 Å². The van der Waals surface area contributed by atoms with Crippen LogP contribution in [0.1, 0.15) is 96.8 Å². The van der Waals surface area contributed by atoms with E-state index in [4.69, 9.17) is 10.8 Å². The second-order valence-corrected chi connectivity index (χ2v) is 6.00. The van der Waals surface area contributed by atoms with Crippen molar-refractivity contribution in [2.75, 3.05) is 0 Å². The average Bonchev–Trinajstić information content (AvgIpc) is 2.46. The summed E-state index contributed by atoms with van der Waals surface area (Å²) in [5, 5.41) is 8.52. The zero-order chi connectivity index (χ0) is 15.8. The van der Waals surface area contributed by atoms with Crippen LogP contribution in [0.15, 0.2) is 11.8 Å². The summed E-state index contributed by atoms with van der Waals surface area (Å²) in [5.41, 5.74) is 6.79. The number of carboxylic acid groups (broad SMARTS) is 1. The van der Waals surface area contributed by atoms with E-state index < -0.39 is 5.97 Å². The molecule has 3 nitrogen and oxygen atoms in total. The first-order valence-corrected chi connectivity index (χ1v) is 8.79. The summed E-state index contributed by atoms with van der Waals surface area (Å²) in [5.74, 6) is -0.664.